The minimum atomic E-state index is 0.820. The molecule has 0 saturated heterocycles. The zero-order valence-electron chi connectivity index (χ0n) is 7.25. The first-order valence-corrected chi connectivity index (χ1v) is 5.32. The van der Waals surface area contributed by atoms with E-state index in [1.807, 2.05) is 11.4 Å². The van der Waals surface area contributed by atoms with Crippen LogP contribution >= 0.6 is 22.9 Å². The summed E-state index contributed by atoms with van der Waals surface area (Å²) in [5.74, 6) is 0. The third kappa shape index (κ3) is 1.93. The van der Waals surface area contributed by atoms with Crippen LogP contribution in [-0.2, 0) is 0 Å². The monoisotopic (exact) mass is 208 g/mol. The Hall–Kier alpha value is -0.790. The molecule has 0 bridgehead atoms. The molecule has 66 valence electrons. The van der Waals surface area contributed by atoms with Crippen molar-refractivity contribution < 1.29 is 0 Å². The normalized spacial score (nSPS) is 10.3. The molecule has 1 aromatic carbocycles. The topological polar surface area (TPSA) is 0 Å². The second kappa shape index (κ2) is 3.52. The molecule has 2 rings (SSSR count). The predicted molar refractivity (Wildman–Crippen MR) is 59.5 cm³/mol. The van der Waals surface area contributed by atoms with Crippen molar-refractivity contribution in [2.75, 3.05) is 0 Å². The van der Waals surface area contributed by atoms with Crippen LogP contribution in [0.3, 0.4) is 0 Å². The zero-order valence-corrected chi connectivity index (χ0v) is 8.82. The molecular weight excluding hydrogens is 200 g/mol. The summed E-state index contributed by atoms with van der Waals surface area (Å²) in [6.07, 6.45) is 0. The van der Waals surface area contributed by atoms with Gasteiger partial charge in [-0.1, -0.05) is 41.4 Å². The number of hydrogen-bond acceptors (Lipinski definition) is 1. The minimum absolute atomic E-state index is 0.820. The van der Waals surface area contributed by atoms with Gasteiger partial charge < -0.3 is 0 Å². The van der Waals surface area contributed by atoms with Crippen LogP contribution < -0.4 is 0 Å². The molecule has 0 nitrogen and oxygen atoms in total. The Balaban J connectivity index is 2.41. The molecule has 0 atom stereocenters. The molecule has 0 unspecified atom stereocenters. The van der Waals surface area contributed by atoms with Gasteiger partial charge in [0.2, 0.25) is 0 Å². The summed E-state index contributed by atoms with van der Waals surface area (Å²) < 4.78 is 0. The average Bonchev–Trinajstić information content (AvgIpc) is 2.53. The largest absolute Gasteiger partial charge is 0.142 e. The molecule has 0 spiro atoms. The fourth-order valence-electron chi connectivity index (χ4n) is 1.18. The molecule has 0 amide bonds. The van der Waals surface area contributed by atoms with Gasteiger partial charge in [0.1, 0.15) is 0 Å². The summed E-state index contributed by atoms with van der Waals surface area (Å²) in [4.78, 5) is 1.23. The number of rotatable bonds is 1. The van der Waals surface area contributed by atoms with Gasteiger partial charge in [-0.05, 0) is 18.6 Å². The second-order valence-corrected chi connectivity index (χ2v) is 4.34. The van der Waals surface area contributed by atoms with Crippen molar-refractivity contribution in [1.82, 2.24) is 0 Å². The van der Waals surface area contributed by atoms with Crippen LogP contribution in [0.4, 0.5) is 0 Å². The Labute approximate surface area is 86.8 Å². The van der Waals surface area contributed by atoms with Crippen LogP contribution in [0.5, 0.6) is 0 Å². The van der Waals surface area contributed by atoms with Gasteiger partial charge in [0.05, 0.1) is 5.02 Å². The van der Waals surface area contributed by atoms with E-state index in [1.165, 1.54) is 16.0 Å². The van der Waals surface area contributed by atoms with E-state index in [0.29, 0.717) is 0 Å². The molecule has 0 aliphatic heterocycles. The number of thiophene rings is 1. The third-order valence-electron chi connectivity index (χ3n) is 1.90. The van der Waals surface area contributed by atoms with E-state index in [1.54, 1.807) is 11.3 Å². The van der Waals surface area contributed by atoms with Gasteiger partial charge in [0.15, 0.2) is 0 Å². The zero-order chi connectivity index (χ0) is 9.26. The van der Waals surface area contributed by atoms with E-state index in [-0.39, 0.29) is 0 Å². The average molecular weight is 209 g/mol. The number of benzene rings is 1. The van der Waals surface area contributed by atoms with E-state index in [4.69, 9.17) is 11.6 Å². The van der Waals surface area contributed by atoms with Crippen LogP contribution in [0.1, 0.15) is 5.56 Å². The summed E-state index contributed by atoms with van der Waals surface area (Å²) in [6.45, 7) is 2.09. The molecule has 0 radical (unpaired) electrons. The summed E-state index contributed by atoms with van der Waals surface area (Å²) >= 11 is 7.53. The second-order valence-electron chi connectivity index (χ2n) is 3.00. The number of halogens is 1. The maximum atomic E-state index is 5.85. The van der Waals surface area contributed by atoms with Crippen molar-refractivity contribution in [1.29, 1.82) is 0 Å². The molecule has 13 heavy (non-hydrogen) atoms. The number of aryl methyl sites for hydroxylation is 1. The first-order chi connectivity index (χ1) is 6.25. The lowest BCUT2D eigenvalue weighted by Gasteiger charge is -1.96. The molecule has 0 fully saturated rings. The van der Waals surface area contributed by atoms with E-state index in [9.17, 15) is 0 Å². The fraction of sp³-hybridized carbons (Fsp3) is 0.0909. The highest BCUT2D eigenvalue weighted by atomic mass is 35.5. The lowest BCUT2D eigenvalue weighted by atomic mass is 10.1. The lowest BCUT2D eigenvalue weighted by Crippen LogP contribution is -1.72. The smallest absolute Gasteiger partial charge is 0.0519 e. The predicted octanol–water partition coefficient (Wildman–Crippen LogP) is 4.38. The summed E-state index contributed by atoms with van der Waals surface area (Å²) in [5.41, 5.74) is 2.52. The van der Waals surface area contributed by atoms with Crippen LogP contribution in [0, 0.1) is 6.92 Å². The van der Waals surface area contributed by atoms with Crippen molar-refractivity contribution in [2.45, 2.75) is 6.92 Å². The molecule has 1 aromatic heterocycles. The van der Waals surface area contributed by atoms with Gasteiger partial charge in [-0.2, -0.15) is 0 Å². The first-order valence-electron chi connectivity index (χ1n) is 4.07. The van der Waals surface area contributed by atoms with Gasteiger partial charge in [-0.15, -0.1) is 11.3 Å². The number of hydrogen-bond donors (Lipinski definition) is 0. The van der Waals surface area contributed by atoms with Crippen LogP contribution in [0.2, 0.25) is 5.02 Å². The van der Waals surface area contributed by atoms with Gasteiger partial charge in [-0.3, -0.25) is 0 Å². The minimum Gasteiger partial charge on any atom is -0.142 e. The maximum Gasteiger partial charge on any atom is 0.0519 e. The van der Waals surface area contributed by atoms with Crippen molar-refractivity contribution >= 4 is 22.9 Å². The maximum absolute atomic E-state index is 5.85. The molecular formula is C11H9ClS. The Kier molecular flexibility index (Phi) is 2.38. The van der Waals surface area contributed by atoms with Gasteiger partial charge >= 0.3 is 0 Å². The Morgan fingerprint density at radius 3 is 2.38 bits per heavy atom. The highest BCUT2D eigenvalue weighted by Gasteiger charge is 1.99. The van der Waals surface area contributed by atoms with Crippen molar-refractivity contribution in [3.05, 3.63) is 46.3 Å². The molecule has 0 N–H and O–H groups in total. The summed E-state index contributed by atoms with van der Waals surface area (Å²) in [7, 11) is 0. The van der Waals surface area contributed by atoms with Gasteiger partial charge in [-0.25, -0.2) is 0 Å². The molecule has 2 heteroatoms. The van der Waals surface area contributed by atoms with E-state index in [0.717, 1.165) is 5.02 Å². The van der Waals surface area contributed by atoms with Gasteiger partial charge in [0.25, 0.3) is 0 Å². The van der Waals surface area contributed by atoms with Crippen molar-refractivity contribution in [2.24, 2.45) is 0 Å². The van der Waals surface area contributed by atoms with Crippen LogP contribution in [0.15, 0.2) is 35.7 Å². The Morgan fingerprint density at radius 1 is 1.15 bits per heavy atom. The first kappa shape index (κ1) is 8.79. The Morgan fingerprint density at radius 2 is 1.85 bits per heavy atom. The van der Waals surface area contributed by atoms with Crippen LogP contribution in [-0.4, -0.2) is 0 Å². The van der Waals surface area contributed by atoms with E-state index < -0.39 is 0 Å². The van der Waals surface area contributed by atoms with Gasteiger partial charge in [0, 0.05) is 10.3 Å². The van der Waals surface area contributed by atoms with E-state index in [2.05, 4.69) is 31.2 Å². The third-order valence-corrected chi connectivity index (χ3v) is 3.23. The SMILES string of the molecule is Cc1ccc(-c2cc(Cl)cs2)cc1. The summed E-state index contributed by atoms with van der Waals surface area (Å²) in [6, 6.07) is 10.5. The fourth-order valence-corrected chi connectivity index (χ4v) is 2.26. The molecule has 2 aromatic rings. The van der Waals surface area contributed by atoms with E-state index >= 15 is 0 Å². The quantitative estimate of drug-likeness (QED) is 0.653. The molecule has 1 heterocycles. The molecule has 0 aliphatic rings. The summed E-state index contributed by atoms with van der Waals surface area (Å²) in [5, 5.41) is 2.78. The molecule has 0 aliphatic carbocycles. The highest BCUT2D eigenvalue weighted by molar-refractivity contribution is 7.14. The Bertz CT molecular complexity index is 400. The van der Waals surface area contributed by atoms with Crippen molar-refractivity contribution in [3.8, 4) is 10.4 Å². The molecule has 0 saturated carbocycles. The highest BCUT2D eigenvalue weighted by Crippen LogP contribution is 2.29. The lowest BCUT2D eigenvalue weighted by molar-refractivity contribution is 1.48. The van der Waals surface area contributed by atoms with Crippen molar-refractivity contribution in [3.63, 3.8) is 0 Å². The standard InChI is InChI=1S/C11H9ClS/c1-8-2-4-9(5-3-8)11-6-10(12)7-13-11/h2-7H,1H3. The van der Waals surface area contributed by atoms with Crippen LogP contribution in [0.25, 0.3) is 10.4 Å².